The SMILES string of the molecule is CCC(NC(=O)CC1CCNC1)c1nccs1.Cl.Cl. The van der Waals surface area contributed by atoms with Gasteiger partial charge in [-0.3, -0.25) is 4.79 Å². The van der Waals surface area contributed by atoms with E-state index < -0.39 is 0 Å². The highest BCUT2D eigenvalue weighted by atomic mass is 35.5. The first-order valence-corrected chi connectivity index (χ1v) is 7.07. The molecule has 1 aromatic heterocycles. The molecule has 4 nitrogen and oxygen atoms in total. The van der Waals surface area contributed by atoms with Crippen LogP contribution >= 0.6 is 36.2 Å². The van der Waals surface area contributed by atoms with Crippen LogP contribution in [0, 0.1) is 5.92 Å². The van der Waals surface area contributed by atoms with E-state index >= 15 is 0 Å². The zero-order valence-electron chi connectivity index (χ0n) is 10.9. The molecule has 1 aliphatic rings. The number of rotatable bonds is 5. The third-order valence-corrected chi connectivity index (χ3v) is 4.02. The van der Waals surface area contributed by atoms with Crippen LogP contribution in [-0.4, -0.2) is 24.0 Å². The van der Waals surface area contributed by atoms with Crippen molar-refractivity contribution in [1.29, 1.82) is 0 Å². The summed E-state index contributed by atoms with van der Waals surface area (Å²) >= 11 is 1.60. The Morgan fingerprint density at radius 2 is 2.42 bits per heavy atom. The van der Waals surface area contributed by atoms with Crippen molar-refractivity contribution in [2.45, 2.75) is 32.2 Å². The monoisotopic (exact) mass is 325 g/mol. The minimum atomic E-state index is 0. The molecular weight excluding hydrogens is 305 g/mol. The minimum Gasteiger partial charge on any atom is -0.347 e. The number of carbonyl (C=O) groups is 1. The van der Waals surface area contributed by atoms with Gasteiger partial charge >= 0.3 is 0 Å². The predicted octanol–water partition coefficient (Wildman–Crippen LogP) is 2.55. The largest absolute Gasteiger partial charge is 0.347 e. The van der Waals surface area contributed by atoms with Gasteiger partial charge in [-0.2, -0.15) is 0 Å². The summed E-state index contributed by atoms with van der Waals surface area (Å²) in [6, 6.07) is 0.0804. The normalized spacial score (nSPS) is 19.1. The summed E-state index contributed by atoms with van der Waals surface area (Å²) in [7, 11) is 0. The number of halogens is 2. The lowest BCUT2D eigenvalue weighted by Gasteiger charge is -2.16. The summed E-state index contributed by atoms with van der Waals surface area (Å²) < 4.78 is 0. The van der Waals surface area contributed by atoms with E-state index in [4.69, 9.17) is 0 Å². The maximum Gasteiger partial charge on any atom is 0.220 e. The molecule has 110 valence electrons. The molecule has 7 heteroatoms. The van der Waals surface area contributed by atoms with Crippen LogP contribution in [0.25, 0.3) is 0 Å². The highest BCUT2D eigenvalue weighted by Crippen LogP contribution is 2.20. The molecule has 0 aliphatic carbocycles. The Kier molecular flexibility index (Phi) is 9.35. The van der Waals surface area contributed by atoms with Gasteiger partial charge in [-0.05, 0) is 31.8 Å². The van der Waals surface area contributed by atoms with Crippen LogP contribution in [0.3, 0.4) is 0 Å². The summed E-state index contributed by atoms with van der Waals surface area (Å²) in [5.41, 5.74) is 0. The third-order valence-electron chi connectivity index (χ3n) is 3.13. The van der Waals surface area contributed by atoms with Gasteiger partial charge in [0.25, 0.3) is 0 Å². The van der Waals surface area contributed by atoms with Gasteiger partial charge in [0.1, 0.15) is 5.01 Å². The molecule has 1 aromatic rings. The first kappa shape index (κ1) is 18.6. The molecule has 2 atom stereocenters. The van der Waals surface area contributed by atoms with E-state index in [0.717, 1.165) is 30.9 Å². The molecule has 0 aromatic carbocycles. The first-order valence-electron chi connectivity index (χ1n) is 6.19. The Morgan fingerprint density at radius 1 is 1.63 bits per heavy atom. The maximum absolute atomic E-state index is 11.9. The molecule has 1 aliphatic heterocycles. The van der Waals surface area contributed by atoms with Gasteiger partial charge in [0.2, 0.25) is 5.91 Å². The second-order valence-electron chi connectivity index (χ2n) is 4.46. The van der Waals surface area contributed by atoms with Crippen molar-refractivity contribution in [2.75, 3.05) is 13.1 Å². The molecule has 0 spiro atoms. The summed E-state index contributed by atoms with van der Waals surface area (Å²) in [5.74, 6) is 0.657. The molecular formula is C12H21Cl2N3OS. The van der Waals surface area contributed by atoms with Gasteiger partial charge < -0.3 is 10.6 Å². The van der Waals surface area contributed by atoms with Gasteiger partial charge in [-0.25, -0.2) is 4.98 Å². The number of thiazole rings is 1. The molecule has 0 radical (unpaired) electrons. The first-order chi connectivity index (χ1) is 8.29. The van der Waals surface area contributed by atoms with E-state index in [1.807, 2.05) is 5.38 Å². The number of hydrogen-bond acceptors (Lipinski definition) is 4. The Bertz CT molecular complexity index is 356. The fraction of sp³-hybridized carbons (Fsp3) is 0.667. The fourth-order valence-corrected chi connectivity index (χ4v) is 2.92. The average Bonchev–Trinajstić information content (AvgIpc) is 2.97. The third kappa shape index (κ3) is 5.65. The molecule has 0 saturated carbocycles. The van der Waals surface area contributed by atoms with Crippen molar-refractivity contribution < 1.29 is 4.79 Å². The van der Waals surface area contributed by atoms with Crippen LogP contribution in [0.5, 0.6) is 0 Å². The van der Waals surface area contributed by atoms with Gasteiger partial charge in [-0.15, -0.1) is 36.2 Å². The zero-order chi connectivity index (χ0) is 12.1. The van der Waals surface area contributed by atoms with E-state index in [1.165, 1.54) is 0 Å². The van der Waals surface area contributed by atoms with Crippen molar-refractivity contribution in [3.63, 3.8) is 0 Å². The summed E-state index contributed by atoms with van der Waals surface area (Å²) in [4.78, 5) is 16.2. The van der Waals surface area contributed by atoms with Crippen LogP contribution in [-0.2, 0) is 4.79 Å². The molecule has 19 heavy (non-hydrogen) atoms. The molecule has 1 fully saturated rings. The molecule has 1 saturated heterocycles. The van der Waals surface area contributed by atoms with E-state index in [0.29, 0.717) is 12.3 Å². The number of hydrogen-bond donors (Lipinski definition) is 2. The van der Waals surface area contributed by atoms with Crippen molar-refractivity contribution in [3.8, 4) is 0 Å². The van der Waals surface area contributed by atoms with E-state index in [2.05, 4.69) is 22.5 Å². The van der Waals surface area contributed by atoms with Crippen molar-refractivity contribution in [3.05, 3.63) is 16.6 Å². The van der Waals surface area contributed by atoms with E-state index in [-0.39, 0.29) is 36.8 Å². The Morgan fingerprint density at radius 3 is 2.95 bits per heavy atom. The summed E-state index contributed by atoms with van der Waals surface area (Å²) in [6.07, 6.45) is 4.42. The topological polar surface area (TPSA) is 54.0 Å². The molecule has 0 bridgehead atoms. The van der Waals surface area contributed by atoms with Gasteiger partial charge in [-0.1, -0.05) is 6.92 Å². The highest BCUT2D eigenvalue weighted by Gasteiger charge is 2.20. The highest BCUT2D eigenvalue weighted by molar-refractivity contribution is 7.09. The minimum absolute atomic E-state index is 0. The van der Waals surface area contributed by atoms with Crippen LogP contribution < -0.4 is 10.6 Å². The summed E-state index contributed by atoms with van der Waals surface area (Å²) in [5, 5.41) is 9.31. The van der Waals surface area contributed by atoms with E-state index in [9.17, 15) is 4.79 Å². The van der Waals surface area contributed by atoms with E-state index in [1.54, 1.807) is 17.5 Å². The standard InChI is InChI=1S/C12H19N3OS.2ClH/c1-2-10(12-14-5-6-17-12)15-11(16)7-9-3-4-13-8-9;;/h5-6,9-10,13H,2-4,7-8H2,1H3,(H,15,16);2*1H. The number of nitrogens with zero attached hydrogens (tertiary/aromatic N) is 1. The number of aromatic nitrogens is 1. The lowest BCUT2D eigenvalue weighted by Crippen LogP contribution is -2.30. The number of carbonyl (C=O) groups excluding carboxylic acids is 1. The smallest absolute Gasteiger partial charge is 0.220 e. The lowest BCUT2D eigenvalue weighted by atomic mass is 10.0. The zero-order valence-corrected chi connectivity index (χ0v) is 13.4. The Balaban J connectivity index is 0.00000162. The maximum atomic E-state index is 11.9. The Hall–Kier alpha value is -0.360. The fourth-order valence-electron chi connectivity index (χ4n) is 2.15. The van der Waals surface area contributed by atoms with Crippen LogP contribution in [0.4, 0.5) is 0 Å². The predicted molar refractivity (Wildman–Crippen MR) is 83.4 cm³/mol. The Labute approximate surface area is 130 Å². The molecule has 2 heterocycles. The van der Waals surface area contributed by atoms with Crippen LogP contribution in [0.2, 0.25) is 0 Å². The number of amides is 1. The van der Waals surface area contributed by atoms with Crippen LogP contribution in [0.1, 0.15) is 37.2 Å². The molecule has 2 unspecified atom stereocenters. The summed E-state index contributed by atoms with van der Waals surface area (Å²) in [6.45, 7) is 4.09. The van der Waals surface area contributed by atoms with Crippen molar-refractivity contribution in [1.82, 2.24) is 15.6 Å². The average molecular weight is 326 g/mol. The van der Waals surface area contributed by atoms with Gasteiger partial charge in [0.15, 0.2) is 0 Å². The molecule has 1 amide bonds. The lowest BCUT2D eigenvalue weighted by molar-refractivity contribution is -0.122. The van der Waals surface area contributed by atoms with Crippen molar-refractivity contribution in [2.24, 2.45) is 5.92 Å². The molecule has 2 N–H and O–H groups in total. The van der Waals surface area contributed by atoms with Crippen LogP contribution in [0.15, 0.2) is 11.6 Å². The quantitative estimate of drug-likeness (QED) is 0.874. The second kappa shape index (κ2) is 9.53. The second-order valence-corrected chi connectivity index (χ2v) is 5.39. The van der Waals surface area contributed by atoms with Gasteiger partial charge in [0.05, 0.1) is 6.04 Å². The number of nitrogens with one attached hydrogen (secondary N) is 2. The van der Waals surface area contributed by atoms with Crippen molar-refractivity contribution >= 4 is 42.1 Å². The van der Waals surface area contributed by atoms with Gasteiger partial charge in [0, 0.05) is 18.0 Å². The molecule has 2 rings (SSSR count).